The van der Waals surface area contributed by atoms with Crippen LogP contribution in [-0.4, -0.2) is 41.9 Å². The molecule has 0 atom stereocenters. The Labute approximate surface area is 136 Å². The number of carbonyl (C=O) groups is 1. The number of nitrogens with zero attached hydrogens (tertiary/aromatic N) is 4. The van der Waals surface area contributed by atoms with Crippen LogP contribution in [0.3, 0.4) is 0 Å². The lowest BCUT2D eigenvalue weighted by Crippen LogP contribution is -2.47. The van der Waals surface area contributed by atoms with Crippen LogP contribution in [0.15, 0.2) is 28.9 Å². The number of ether oxygens (including phenoxy) is 1. The summed E-state index contributed by atoms with van der Waals surface area (Å²) in [4.78, 5) is 17.1. The Hall–Kier alpha value is -2.02. The maximum atomic E-state index is 13.0. The summed E-state index contributed by atoms with van der Waals surface area (Å²) in [5.74, 6) is 0.802. The van der Waals surface area contributed by atoms with Crippen molar-refractivity contribution in [3.63, 3.8) is 0 Å². The van der Waals surface area contributed by atoms with Gasteiger partial charge in [-0.3, -0.25) is 9.48 Å². The molecule has 7 heteroatoms. The molecule has 0 saturated carbocycles. The number of hydrogen-bond acceptors (Lipinski definition) is 4. The SMILES string of the molecule is Cn1ncc(Br)c1C(=O)N1CCN2CCOc3cccc1c32. The molecule has 0 saturated heterocycles. The average molecular weight is 363 g/mol. The van der Waals surface area contributed by atoms with E-state index >= 15 is 0 Å². The van der Waals surface area contributed by atoms with Crippen molar-refractivity contribution in [3.8, 4) is 5.75 Å². The van der Waals surface area contributed by atoms with Crippen LogP contribution >= 0.6 is 15.9 Å². The molecule has 0 unspecified atom stereocenters. The van der Waals surface area contributed by atoms with E-state index in [9.17, 15) is 4.79 Å². The van der Waals surface area contributed by atoms with Gasteiger partial charge in [0.25, 0.3) is 5.91 Å². The van der Waals surface area contributed by atoms with Crippen molar-refractivity contribution in [1.29, 1.82) is 0 Å². The molecule has 2 aliphatic heterocycles. The first-order valence-corrected chi connectivity index (χ1v) is 7.96. The number of anilines is 2. The van der Waals surface area contributed by atoms with Crippen LogP contribution in [0.1, 0.15) is 10.5 Å². The minimum absolute atomic E-state index is 0.0505. The number of amides is 1. The Morgan fingerprint density at radius 3 is 2.95 bits per heavy atom. The second-order valence-electron chi connectivity index (χ2n) is 5.38. The van der Waals surface area contributed by atoms with Crippen LogP contribution in [-0.2, 0) is 7.05 Å². The van der Waals surface area contributed by atoms with Gasteiger partial charge in [-0.15, -0.1) is 0 Å². The molecule has 6 nitrogen and oxygen atoms in total. The molecule has 1 aromatic heterocycles. The molecule has 0 spiro atoms. The molecule has 3 heterocycles. The van der Waals surface area contributed by atoms with Gasteiger partial charge in [0.05, 0.1) is 22.9 Å². The monoisotopic (exact) mass is 362 g/mol. The second-order valence-corrected chi connectivity index (χ2v) is 6.24. The predicted molar refractivity (Wildman–Crippen MR) is 86.7 cm³/mol. The lowest BCUT2D eigenvalue weighted by Gasteiger charge is -2.40. The minimum atomic E-state index is -0.0505. The quantitative estimate of drug-likeness (QED) is 0.778. The molecule has 22 heavy (non-hydrogen) atoms. The zero-order valence-corrected chi connectivity index (χ0v) is 13.7. The smallest absolute Gasteiger partial charge is 0.277 e. The molecule has 114 valence electrons. The van der Waals surface area contributed by atoms with E-state index in [2.05, 4.69) is 25.9 Å². The number of halogens is 1. The first-order valence-electron chi connectivity index (χ1n) is 7.17. The topological polar surface area (TPSA) is 50.6 Å². The number of benzene rings is 1. The molecule has 2 aliphatic rings. The van der Waals surface area contributed by atoms with Crippen molar-refractivity contribution in [2.75, 3.05) is 36.0 Å². The third kappa shape index (κ3) is 1.92. The van der Waals surface area contributed by atoms with E-state index in [-0.39, 0.29) is 5.91 Å². The van der Waals surface area contributed by atoms with Crippen LogP contribution in [0.5, 0.6) is 5.75 Å². The summed E-state index contributed by atoms with van der Waals surface area (Å²) < 4.78 is 8.04. The third-order valence-corrected chi connectivity index (χ3v) is 4.72. The van der Waals surface area contributed by atoms with Crippen molar-refractivity contribution < 1.29 is 9.53 Å². The van der Waals surface area contributed by atoms with Crippen LogP contribution < -0.4 is 14.5 Å². The molecule has 2 aromatic rings. The van der Waals surface area contributed by atoms with E-state index in [0.717, 1.165) is 30.2 Å². The van der Waals surface area contributed by atoms with Gasteiger partial charge >= 0.3 is 0 Å². The van der Waals surface area contributed by atoms with Crippen LogP contribution in [0.2, 0.25) is 0 Å². The predicted octanol–water partition coefficient (Wildman–Crippen LogP) is 2.04. The molecule has 4 rings (SSSR count). The van der Waals surface area contributed by atoms with Crippen LogP contribution in [0.4, 0.5) is 11.4 Å². The fraction of sp³-hybridized carbons (Fsp3) is 0.333. The standard InChI is InChI=1S/C15H15BrN4O2/c1-18-13(10(16)9-17-18)15(21)20-6-5-19-7-8-22-12-4-2-3-11(20)14(12)19/h2-4,9H,5-8H2,1H3. The normalized spacial score (nSPS) is 16.3. The highest BCUT2D eigenvalue weighted by atomic mass is 79.9. The largest absolute Gasteiger partial charge is 0.489 e. The highest BCUT2D eigenvalue weighted by Crippen LogP contribution is 2.43. The zero-order chi connectivity index (χ0) is 15.3. The summed E-state index contributed by atoms with van der Waals surface area (Å²) in [7, 11) is 1.78. The lowest BCUT2D eigenvalue weighted by atomic mass is 10.1. The van der Waals surface area contributed by atoms with E-state index in [1.54, 1.807) is 17.9 Å². The van der Waals surface area contributed by atoms with E-state index in [4.69, 9.17) is 4.74 Å². The summed E-state index contributed by atoms with van der Waals surface area (Å²) in [6, 6.07) is 5.86. The van der Waals surface area contributed by atoms with Crippen molar-refractivity contribution >= 4 is 33.2 Å². The maximum absolute atomic E-state index is 13.0. The molecule has 1 aromatic carbocycles. The second kappa shape index (κ2) is 5.01. The molecule has 0 bridgehead atoms. The number of aryl methyl sites for hydroxylation is 1. The van der Waals surface area contributed by atoms with E-state index < -0.39 is 0 Å². The molecule has 0 fully saturated rings. The molecular formula is C15H15BrN4O2. The molecular weight excluding hydrogens is 348 g/mol. The van der Waals surface area contributed by atoms with Crippen LogP contribution in [0, 0.1) is 0 Å². The van der Waals surface area contributed by atoms with Gasteiger partial charge in [-0.2, -0.15) is 5.10 Å². The molecule has 1 amide bonds. The van der Waals surface area contributed by atoms with E-state index in [1.165, 1.54) is 0 Å². The highest BCUT2D eigenvalue weighted by molar-refractivity contribution is 9.10. The number of aromatic nitrogens is 2. The van der Waals surface area contributed by atoms with Crippen molar-refractivity contribution in [2.24, 2.45) is 7.05 Å². The summed E-state index contributed by atoms with van der Waals surface area (Å²) in [5, 5.41) is 4.14. The number of para-hydroxylation sites is 1. The fourth-order valence-electron chi connectivity index (χ4n) is 3.10. The number of carbonyl (C=O) groups excluding carboxylic acids is 1. The third-order valence-electron chi connectivity index (χ3n) is 4.14. The van der Waals surface area contributed by atoms with Crippen LogP contribution in [0.25, 0.3) is 0 Å². The first-order chi connectivity index (χ1) is 10.7. The Bertz CT molecular complexity index is 738. The van der Waals surface area contributed by atoms with E-state index in [1.807, 2.05) is 23.1 Å². The maximum Gasteiger partial charge on any atom is 0.277 e. The summed E-state index contributed by atoms with van der Waals surface area (Å²) in [6.45, 7) is 3.03. The minimum Gasteiger partial charge on any atom is -0.489 e. The Morgan fingerprint density at radius 2 is 2.18 bits per heavy atom. The summed E-state index contributed by atoms with van der Waals surface area (Å²) >= 11 is 3.41. The number of rotatable bonds is 1. The van der Waals surface area contributed by atoms with Gasteiger partial charge in [0.1, 0.15) is 23.7 Å². The van der Waals surface area contributed by atoms with Gasteiger partial charge in [-0.05, 0) is 28.1 Å². The first kappa shape index (κ1) is 13.6. The Morgan fingerprint density at radius 1 is 1.32 bits per heavy atom. The van der Waals surface area contributed by atoms with E-state index in [0.29, 0.717) is 23.3 Å². The van der Waals surface area contributed by atoms with Crippen molar-refractivity contribution in [2.45, 2.75) is 0 Å². The average Bonchev–Trinajstić information content (AvgIpc) is 2.87. The Balaban J connectivity index is 1.80. The van der Waals surface area contributed by atoms with Gasteiger partial charge in [0.2, 0.25) is 0 Å². The van der Waals surface area contributed by atoms with Crippen molar-refractivity contribution in [1.82, 2.24) is 9.78 Å². The van der Waals surface area contributed by atoms with Gasteiger partial charge < -0.3 is 14.5 Å². The highest BCUT2D eigenvalue weighted by Gasteiger charge is 2.33. The zero-order valence-electron chi connectivity index (χ0n) is 12.1. The fourth-order valence-corrected chi connectivity index (χ4v) is 3.61. The van der Waals surface area contributed by atoms with Crippen molar-refractivity contribution in [3.05, 3.63) is 34.6 Å². The molecule has 0 N–H and O–H groups in total. The van der Waals surface area contributed by atoms with Gasteiger partial charge in [0.15, 0.2) is 0 Å². The van der Waals surface area contributed by atoms with Gasteiger partial charge in [0, 0.05) is 20.1 Å². The summed E-state index contributed by atoms with van der Waals surface area (Å²) in [6.07, 6.45) is 1.65. The summed E-state index contributed by atoms with van der Waals surface area (Å²) in [5.41, 5.74) is 2.48. The molecule has 0 radical (unpaired) electrons. The van der Waals surface area contributed by atoms with Gasteiger partial charge in [-0.1, -0.05) is 6.07 Å². The molecule has 0 aliphatic carbocycles. The lowest BCUT2D eigenvalue weighted by molar-refractivity contribution is 0.0976. The number of hydrogen-bond donors (Lipinski definition) is 0. The van der Waals surface area contributed by atoms with Gasteiger partial charge in [-0.25, -0.2) is 0 Å². The Kier molecular flexibility index (Phi) is 3.11.